The molecule has 1 aromatic carbocycles. The van der Waals surface area contributed by atoms with Gasteiger partial charge in [-0.3, -0.25) is 0 Å². The van der Waals surface area contributed by atoms with Crippen molar-refractivity contribution in [3.63, 3.8) is 0 Å². The van der Waals surface area contributed by atoms with Crippen LogP contribution in [0.5, 0.6) is 0 Å². The van der Waals surface area contributed by atoms with Crippen LogP contribution in [0, 0.1) is 6.92 Å². The van der Waals surface area contributed by atoms with Gasteiger partial charge < -0.3 is 9.84 Å². The Kier molecular flexibility index (Phi) is 4.44. The maximum absolute atomic E-state index is 12.0. The zero-order valence-corrected chi connectivity index (χ0v) is 12.0. The van der Waals surface area contributed by atoms with E-state index in [9.17, 15) is 13.2 Å². The van der Waals surface area contributed by atoms with Crippen LogP contribution in [-0.4, -0.2) is 22.9 Å². The van der Waals surface area contributed by atoms with E-state index in [1.54, 1.807) is 0 Å². The van der Waals surface area contributed by atoms with E-state index in [2.05, 4.69) is 31.4 Å². The Labute approximate surface area is 121 Å². The Morgan fingerprint density at radius 3 is 2.75 bits per heavy atom. The molecular weight excluding hydrogens is 339 g/mol. The summed E-state index contributed by atoms with van der Waals surface area (Å²) in [4.78, 5) is 4.05. The van der Waals surface area contributed by atoms with Gasteiger partial charge in [0.05, 0.1) is 13.1 Å². The number of halogens is 4. The molecular formula is C12H11BrF3N3O. The molecule has 0 aliphatic carbocycles. The predicted molar refractivity (Wildman–Crippen MR) is 69.9 cm³/mol. The Bertz CT molecular complexity index is 598. The number of rotatable bonds is 4. The Morgan fingerprint density at radius 2 is 2.10 bits per heavy atom. The van der Waals surface area contributed by atoms with Gasteiger partial charge in [0.1, 0.15) is 0 Å². The smallest absolute Gasteiger partial charge is 0.338 e. The largest absolute Gasteiger partial charge is 0.401 e. The first-order valence-electron chi connectivity index (χ1n) is 5.72. The van der Waals surface area contributed by atoms with Crippen molar-refractivity contribution in [2.75, 3.05) is 6.54 Å². The molecule has 0 saturated carbocycles. The topological polar surface area (TPSA) is 51.0 Å². The van der Waals surface area contributed by atoms with Gasteiger partial charge >= 0.3 is 6.18 Å². The van der Waals surface area contributed by atoms with Crippen LogP contribution in [0.25, 0.3) is 11.4 Å². The minimum Gasteiger partial charge on any atom is -0.338 e. The third kappa shape index (κ3) is 4.04. The zero-order valence-electron chi connectivity index (χ0n) is 10.5. The third-order valence-corrected chi connectivity index (χ3v) is 3.09. The van der Waals surface area contributed by atoms with Crippen molar-refractivity contribution in [2.45, 2.75) is 19.6 Å². The number of nitrogens with one attached hydrogen (secondary N) is 1. The molecule has 1 aromatic heterocycles. The summed E-state index contributed by atoms with van der Waals surface area (Å²) in [6, 6.07) is 5.60. The van der Waals surface area contributed by atoms with Crippen LogP contribution in [0.15, 0.2) is 27.2 Å². The second-order valence-corrected chi connectivity index (χ2v) is 5.07. The normalized spacial score (nSPS) is 11.8. The number of hydrogen-bond donors (Lipinski definition) is 1. The molecule has 0 fully saturated rings. The van der Waals surface area contributed by atoms with E-state index in [0.29, 0.717) is 5.82 Å². The van der Waals surface area contributed by atoms with Gasteiger partial charge in [-0.25, -0.2) is 0 Å². The van der Waals surface area contributed by atoms with E-state index >= 15 is 0 Å². The quantitative estimate of drug-likeness (QED) is 0.918. The lowest BCUT2D eigenvalue weighted by Gasteiger charge is -2.05. The molecule has 1 heterocycles. The lowest BCUT2D eigenvalue weighted by molar-refractivity contribution is -0.125. The van der Waals surface area contributed by atoms with Gasteiger partial charge in [0.25, 0.3) is 0 Å². The second kappa shape index (κ2) is 5.92. The van der Waals surface area contributed by atoms with E-state index in [-0.39, 0.29) is 12.4 Å². The van der Waals surface area contributed by atoms with Crippen LogP contribution in [0.2, 0.25) is 0 Å². The molecule has 0 aliphatic heterocycles. The van der Waals surface area contributed by atoms with Gasteiger partial charge in [-0.1, -0.05) is 27.2 Å². The summed E-state index contributed by atoms with van der Waals surface area (Å²) in [7, 11) is 0. The lowest BCUT2D eigenvalue weighted by Crippen LogP contribution is -2.28. The average Bonchev–Trinajstić information content (AvgIpc) is 2.75. The fourth-order valence-electron chi connectivity index (χ4n) is 1.55. The minimum atomic E-state index is -4.26. The van der Waals surface area contributed by atoms with E-state index in [4.69, 9.17) is 4.52 Å². The Balaban J connectivity index is 2.05. The first kappa shape index (κ1) is 15.0. The Morgan fingerprint density at radius 1 is 1.35 bits per heavy atom. The molecule has 0 aliphatic rings. The highest BCUT2D eigenvalue weighted by Crippen LogP contribution is 2.26. The molecule has 2 aromatic rings. The summed E-state index contributed by atoms with van der Waals surface area (Å²) in [6.07, 6.45) is -4.26. The summed E-state index contributed by atoms with van der Waals surface area (Å²) in [5.41, 5.74) is 1.79. The number of hydrogen-bond acceptors (Lipinski definition) is 4. The van der Waals surface area contributed by atoms with E-state index < -0.39 is 12.7 Å². The maximum Gasteiger partial charge on any atom is 0.401 e. The number of alkyl halides is 3. The molecule has 0 amide bonds. The van der Waals surface area contributed by atoms with Crippen molar-refractivity contribution in [1.82, 2.24) is 15.5 Å². The molecule has 108 valence electrons. The number of aromatic nitrogens is 2. The van der Waals surface area contributed by atoms with Gasteiger partial charge in [0.15, 0.2) is 0 Å². The highest BCUT2D eigenvalue weighted by molar-refractivity contribution is 9.10. The first-order chi connectivity index (χ1) is 9.35. The zero-order chi connectivity index (χ0) is 14.8. The maximum atomic E-state index is 12.0. The van der Waals surface area contributed by atoms with E-state index in [0.717, 1.165) is 15.6 Å². The molecule has 8 heteroatoms. The molecule has 0 saturated heterocycles. The highest BCUT2D eigenvalue weighted by Gasteiger charge is 2.26. The summed E-state index contributed by atoms with van der Waals surface area (Å²) in [5.74, 6) is 0.442. The van der Waals surface area contributed by atoms with Crippen LogP contribution in [0.1, 0.15) is 11.5 Å². The summed E-state index contributed by atoms with van der Waals surface area (Å²) in [5, 5.41) is 5.95. The van der Waals surface area contributed by atoms with Crippen molar-refractivity contribution < 1.29 is 17.7 Å². The van der Waals surface area contributed by atoms with Crippen molar-refractivity contribution in [2.24, 2.45) is 0 Å². The molecule has 20 heavy (non-hydrogen) atoms. The molecule has 0 bridgehead atoms. The van der Waals surface area contributed by atoms with Crippen LogP contribution >= 0.6 is 15.9 Å². The molecule has 0 radical (unpaired) electrons. The number of aryl methyl sites for hydroxylation is 1. The SMILES string of the molecule is Cc1ccc(-c2noc(CNCC(F)(F)F)n2)c(Br)c1. The molecule has 0 unspecified atom stereocenters. The number of benzene rings is 1. The fourth-order valence-corrected chi connectivity index (χ4v) is 2.22. The van der Waals surface area contributed by atoms with Crippen molar-refractivity contribution in [3.8, 4) is 11.4 Å². The highest BCUT2D eigenvalue weighted by atomic mass is 79.9. The molecule has 2 rings (SSSR count). The van der Waals surface area contributed by atoms with Crippen molar-refractivity contribution in [3.05, 3.63) is 34.1 Å². The summed E-state index contributed by atoms with van der Waals surface area (Å²) >= 11 is 3.39. The van der Waals surface area contributed by atoms with E-state index in [1.165, 1.54) is 0 Å². The monoisotopic (exact) mass is 349 g/mol. The van der Waals surface area contributed by atoms with Gasteiger partial charge in [-0.05, 0) is 24.6 Å². The van der Waals surface area contributed by atoms with Crippen LogP contribution < -0.4 is 5.32 Å². The lowest BCUT2D eigenvalue weighted by atomic mass is 10.1. The fraction of sp³-hybridized carbons (Fsp3) is 0.333. The Hall–Kier alpha value is -1.41. The van der Waals surface area contributed by atoms with Crippen molar-refractivity contribution in [1.29, 1.82) is 0 Å². The van der Waals surface area contributed by atoms with Crippen LogP contribution in [0.4, 0.5) is 13.2 Å². The summed E-state index contributed by atoms with van der Waals surface area (Å²) in [6.45, 7) is 0.714. The van der Waals surface area contributed by atoms with Gasteiger partial charge in [-0.15, -0.1) is 0 Å². The van der Waals surface area contributed by atoms with Gasteiger partial charge in [0.2, 0.25) is 11.7 Å². The number of nitrogens with zero attached hydrogens (tertiary/aromatic N) is 2. The van der Waals surface area contributed by atoms with E-state index in [1.807, 2.05) is 25.1 Å². The summed E-state index contributed by atoms with van der Waals surface area (Å²) < 4.78 is 41.7. The standard InChI is InChI=1S/C12H11BrF3N3O/c1-7-2-3-8(9(13)4-7)11-18-10(20-19-11)5-17-6-12(14,15)16/h2-4,17H,5-6H2,1H3. The molecule has 1 N–H and O–H groups in total. The minimum absolute atomic E-state index is 0.108. The third-order valence-electron chi connectivity index (χ3n) is 2.44. The molecule has 4 nitrogen and oxygen atoms in total. The van der Waals surface area contributed by atoms with Crippen LogP contribution in [0.3, 0.4) is 0 Å². The average molecular weight is 350 g/mol. The van der Waals surface area contributed by atoms with Gasteiger partial charge in [-0.2, -0.15) is 18.2 Å². The van der Waals surface area contributed by atoms with Gasteiger partial charge in [0, 0.05) is 10.0 Å². The molecule has 0 spiro atoms. The second-order valence-electron chi connectivity index (χ2n) is 4.21. The van der Waals surface area contributed by atoms with Crippen LogP contribution in [-0.2, 0) is 6.54 Å². The molecule has 0 atom stereocenters. The van der Waals surface area contributed by atoms with Crippen molar-refractivity contribution >= 4 is 15.9 Å². The predicted octanol–water partition coefficient (Wildman–Crippen LogP) is 3.46. The first-order valence-corrected chi connectivity index (χ1v) is 6.51.